The average molecular weight is 729 g/mol. The Morgan fingerprint density at radius 3 is 1.49 bits per heavy atom. The largest absolute Gasteiger partial charge is 0.309 e. The summed E-state index contributed by atoms with van der Waals surface area (Å²) in [5.41, 5.74) is 13.1. The fourth-order valence-corrected chi connectivity index (χ4v) is 8.72. The minimum Gasteiger partial charge on any atom is -0.309 e. The van der Waals surface area contributed by atoms with E-state index in [4.69, 9.17) is 15.1 Å². The van der Waals surface area contributed by atoms with Crippen molar-refractivity contribution < 1.29 is 0 Å². The molecule has 0 fully saturated rings. The number of fused-ring (bicyclic) bond motifs is 9. The molecule has 0 aliphatic heterocycles. The highest BCUT2D eigenvalue weighted by Crippen LogP contribution is 2.39. The molecule has 0 unspecified atom stereocenters. The predicted molar refractivity (Wildman–Crippen MR) is 233 cm³/mol. The lowest BCUT2D eigenvalue weighted by molar-refractivity contribution is 0.988. The summed E-state index contributed by atoms with van der Waals surface area (Å²) < 4.78 is 6.58. The van der Waals surface area contributed by atoms with Crippen LogP contribution in [0.5, 0.6) is 0 Å². The number of rotatable bonds is 5. The van der Waals surface area contributed by atoms with E-state index in [2.05, 4.69) is 173 Å². The molecule has 0 N–H and O–H groups in total. The molecule has 6 nitrogen and oxygen atoms in total. The van der Waals surface area contributed by atoms with Gasteiger partial charge in [0.25, 0.3) is 5.78 Å². The first-order chi connectivity index (χ1) is 28.3. The Bertz CT molecular complexity index is 3520. The molecule has 12 rings (SSSR count). The second-order valence-electron chi connectivity index (χ2n) is 14.5. The van der Waals surface area contributed by atoms with Crippen molar-refractivity contribution in [3.05, 3.63) is 194 Å². The van der Waals surface area contributed by atoms with Crippen LogP contribution in [0.2, 0.25) is 0 Å². The fourth-order valence-electron chi connectivity index (χ4n) is 8.72. The Hall–Kier alpha value is -7.83. The van der Waals surface area contributed by atoms with E-state index in [1.807, 2.05) is 34.8 Å². The van der Waals surface area contributed by atoms with Gasteiger partial charge in [-0.3, -0.25) is 0 Å². The summed E-state index contributed by atoms with van der Waals surface area (Å²) in [4.78, 5) is 10.0. The highest BCUT2D eigenvalue weighted by Gasteiger charge is 2.18. The molecule has 0 saturated carbocycles. The third-order valence-electron chi connectivity index (χ3n) is 11.3. The van der Waals surface area contributed by atoms with Gasteiger partial charge in [-0.1, -0.05) is 127 Å². The van der Waals surface area contributed by atoms with Crippen molar-refractivity contribution in [3.63, 3.8) is 0 Å². The number of para-hydroxylation sites is 4. The van der Waals surface area contributed by atoms with Crippen molar-refractivity contribution in [2.24, 2.45) is 0 Å². The van der Waals surface area contributed by atoms with Crippen LogP contribution in [-0.2, 0) is 0 Å². The lowest BCUT2D eigenvalue weighted by Crippen LogP contribution is -1.97. The Balaban J connectivity index is 0.986. The standard InChI is InChI=1S/C51H32N6/c1-3-14-33(15-4-1)49-41-22-9-12-25-48(41)57-51(52-49)53-50(54-57)36-16-13-19-38(30-36)56-45-24-11-8-21-40(45)43-32-35(27-29-47(43)56)34-26-28-46-42(31-34)39-20-7-10-23-44(39)55(46)37-17-5-2-6-18-37/h1-32H. The molecule has 0 amide bonds. The molecular weight excluding hydrogens is 697 g/mol. The van der Waals surface area contributed by atoms with Gasteiger partial charge in [0.2, 0.25) is 0 Å². The van der Waals surface area contributed by atoms with Crippen molar-refractivity contribution in [2.45, 2.75) is 0 Å². The summed E-state index contributed by atoms with van der Waals surface area (Å²) in [6, 6.07) is 68.8. The molecule has 0 atom stereocenters. The number of aromatic nitrogens is 6. The highest BCUT2D eigenvalue weighted by molar-refractivity contribution is 6.12. The molecule has 0 spiro atoms. The molecule has 0 radical (unpaired) electrons. The van der Waals surface area contributed by atoms with Crippen molar-refractivity contribution >= 4 is 60.3 Å². The maximum atomic E-state index is 5.04. The van der Waals surface area contributed by atoms with E-state index in [1.54, 1.807) is 0 Å². The van der Waals surface area contributed by atoms with Gasteiger partial charge in [-0.25, -0.2) is 4.98 Å². The van der Waals surface area contributed by atoms with E-state index >= 15 is 0 Å². The van der Waals surface area contributed by atoms with Gasteiger partial charge in [0.1, 0.15) is 0 Å². The normalized spacial score (nSPS) is 11.9. The summed E-state index contributed by atoms with van der Waals surface area (Å²) in [5, 5.41) is 11.0. The number of benzene rings is 8. The van der Waals surface area contributed by atoms with Crippen molar-refractivity contribution in [2.75, 3.05) is 0 Å². The molecule has 0 aliphatic rings. The average Bonchev–Trinajstić information content (AvgIpc) is 3.97. The topological polar surface area (TPSA) is 52.9 Å². The van der Waals surface area contributed by atoms with E-state index in [0.717, 1.165) is 50.1 Å². The van der Waals surface area contributed by atoms with Crippen molar-refractivity contribution in [3.8, 4) is 45.1 Å². The Kier molecular flexibility index (Phi) is 6.83. The lowest BCUT2D eigenvalue weighted by Gasteiger charge is -2.10. The second kappa shape index (κ2) is 12.3. The summed E-state index contributed by atoms with van der Waals surface area (Å²) in [6.07, 6.45) is 0. The summed E-state index contributed by atoms with van der Waals surface area (Å²) in [7, 11) is 0. The third kappa shape index (κ3) is 4.87. The van der Waals surface area contributed by atoms with Crippen LogP contribution in [0.1, 0.15) is 0 Å². The zero-order valence-electron chi connectivity index (χ0n) is 30.7. The molecule has 12 aromatic rings. The quantitative estimate of drug-likeness (QED) is 0.177. The maximum Gasteiger partial charge on any atom is 0.253 e. The molecule has 57 heavy (non-hydrogen) atoms. The van der Waals surface area contributed by atoms with Crippen molar-refractivity contribution in [1.29, 1.82) is 0 Å². The van der Waals surface area contributed by atoms with Gasteiger partial charge in [0.05, 0.1) is 33.3 Å². The summed E-state index contributed by atoms with van der Waals surface area (Å²) in [5.74, 6) is 1.20. The fraction of sp³-hybridized carbons (Fsp3) is 0. The molecule has 0 saturated heterocycles. The molecule has 4 aromatic heterocycles. The Morgan fingerprint density at radius 1 is 0.316 bits per heavy atom. The minimum absolute atomic E-state index is 0.570. The highest BCUT2D eigenvalue weighted by atomic mass is 15.3. The molecule has 266 valence electrons. The Labute approximate surface area is 327 Å². The van der Waals surface area contributed by atoms with Gasteiger partial charge in [-0.2, -0.15) is 9.50 Å². The van der Waals surface area contributed by atoms with Crippen LogP contribution < -0.4 is 0 Å². The first kappa shape index (κ1) is 31.5. The second-order valence-corrected chi connectivity index (χ2v) is 14.5. The lowest BCUT2D eigenvalue weighted by atomic mass is 10.0. The van der Waals surface area contributed by atoms with Gasteiger partial charge in [0, 0.05) is 49.4 Å². The number of hydrogen-bond donors (Lipinski definition) is 0. The first-order valence-corrected chi connectivity index (χ1v) is 19.2. The minimum atomic E-state index is 0.570. The smallest absolute Gasteiger partial charge is 0.253 e. The molecule has 0 aliphatic carbocycles. The monoisotopic (exact) mass is 728 g/mol. The van der Waals surface area contributed by atoms with E-state index in [1.165, 1.54) is 43.7 Å². The van der Waals surface area contributed by atoms with E-state index in [-0.39, 0.29) is 0 Å². The molecular formula is C51H32N6. The van der Waals surface area contributed by atoms with E-state index < -0.39 is 0 Å². The van der Waals surface area contributed by atoms with Crippen LogP contribution in [0, 0.1) is 0 Å². The first-order valence-electron chi connectivity index (χ1n) is 19.2. The third-order valence-corrected chi connectivity index (χ3v) is 11.3. The zero-order chi connectivity index (χ0) is 37.5. The van der Waals surface area contributed by atoms with Crippen LogP contribution in [0.3, 0.4) is 0 Å². The predicted octanol–water partition coefficient (Wildman–Crippen LogP) is 12.5. The van der Waals surface area contributed by atoms with E-state index in [9.17, 15) is 0 Å². The van der Waals surface area contributed by atoms with Crippen LogP contribution in [0.25, 0.3) is 105 Å². The summed E-state index contributed by atoms with van der Waals surface area (Å²) >= 11 is 0. The zero-order valence-corrected chi connectivity index (χ0v) is 30.7. The van der Waals surface area contributed by atoms with Crippen molar-refractivity contribution in [1.82, 2.24) is 28.7 Å². The van der Waals surface area contributed by atoms with Crippen LogP contribution >= 0.6 is 0 Å². The van der Waals surface area contributed by atoms with Gasteiger partial charge in [-0.05, 0) is 77.9 Å². The molecule has 0 bridgehead atoms. The van der Waals surface area contributed by atoms with Gasteiger partial charge < -0.3 is 9.13 Å². The maximum absolute atomic E-state index is 5.04. The van der Waals surface area contributed by atoms with Crippen LogP contribution in [-0.4, -0.2) is 28.7 Å². The van der Waals surface area contributed by atoms with Gasteiger partial charge in [-0.15, -0.1) is 5.10 Å². The van der Waals surface area contributed by atoms with Crippen LogP contribution in [0.4, 0.5) is 0 Å². The number of hydrogen-bond acceptors (Lipinski definition) is 3. The van der Waals surface area contributed by atoms with E-state index in [0.29, 0.717) is 11.6 Å². The number of nitrogens with zero attached hydrogens (tertiary/aromatic N) is 6. The molecule has 6 heteroatoms. The Morgan fingerprint density at radius 2 is 0.825 bits per heavy atom. The molecule has 4 heterocycles. The van der Waals surface area contributed by atoms with Crippen LogP contribution in [0.15, 0.2) is 194 Å². The molecule has 8 aromatic carbocycles. The SMILES string of the molecule is c1ccc(-c2nc3nc(-c4cccc(-n5c6ccccc6c6cc(-c7ccc8c(c7)c7ccccc7n8-c7ccccc7)ccc65)c4)nn3c3ccccc23)cc1. The summed E-state index contributed by atoms with van der Waals surface area (Å²) in [6.45, 7) is 0. The van der Waals surface area contributed by atoms with Gasteiger partial charge in [0.15, 0.2) is 5.82 Å². The van der Waals surface area contributed by atoms with Gasteiger partial charge >= 0.3 is 0 Å².